The van der Waals surface area contributed by atoms with Gasteiger partial charge in [0.2, 0.25) is 0 Å². The monoisotopic (exact) mass is 258 g/mol. The van der Waals surface area contributed by atoms with Crippen molar-refractivity contribution in [2.75, 3.05) is 19.7 Å². The average molecular weight is 258 g/mol. The zero-order valence-electron chi connectivity index (χ0n) is 11.9. The summed E-state index contributed by atoms with van der Waals surface area (Å²) in [5.41, 5.74) is -0.432. The van der Waals surface area contributed by atoms with E-state index in [4.69, 9.17) is 9.84 Å². The fourth-order valence-corrected chi connectivity index (χ4v) is 1.95. The number of ether oxygens (including phenoxy) is 1. The lowest BCUT2D eigenvalue weighted by Crippen LogP contribution is -2.62. The van der Waals surface area contributed by atoms with E-state index in [9.17, 15) is 4.79 Å². The molecule has 0 aromatic heterocycles. The lowest BCUT2D eigenvalue weighted by atomic mass is 10.1. The van der Waals surface area contributed by atoms with Crippen molar-refractivity contribution in [3.63, 3.8) is 0 Å². The molecule has 0 aliphatic carbocycles. The highest BCUT2D eigenvalue weighted by Gasteiger charge is 2.34. The van der Waals surface area contributed by atoms with E-state index >= 15 is 0 Å². The first-order valence-corrected chi connectivity index (χ1v) is 6.70. The number of amides is 1. The Hall–Kier alpha value is -0.810. The number of nitrogens with zero attached hydrogens (tertiary/aromatic N) is 1. The van der Waals surface area contributed by atoms with Gasteiger partial charge in [-0.05, 0) is 33.6 Å². The van der Waals surface area contributed by atoms with Gasteiger partial charge in [0.1, 0.15) is 5.60 Å². The van der Waals surface area contributed by atoms with Crippen LogP contribution in [0.2, 0.25) is 0 Å². The van der Waals surface area contributed by atoms with Crippen LogP contribution in [0.5, 0.6) is 0 Å². The minimum Gasteiger partial charge on any atom is -0.444 e. The van der Waals surface area contributed by atoms with E-state index < -0.39 is 5.60 Å². The summed E-state index contributed by atoms with van der Waals surface area (Å²) >= 11 is 0. The maximum Gasteiger partial charge on any atom is 0.410 e. The van der Waals surface area contributed by atoms with Gasteiger partial charge in [0.15, 0.2) is 0 Å². The second kappa shape index (κ2) is 6.38. The molecule has 1 heterocycles. The molecule has 1 atom stereocenters. The minimum atomic E-state index is -0.432. The molecule has 1 rings (SSSR count). The van der Waals surface area contributed by atoms with E-state index in [0.29, 0.717) is 25.2 Å². The first-order valence-electron chi connectivity index (χ1n) is 6.70. The van der Waals surface area contributed by atoms with Crippen LogP contribution in [0.4, 0.5) is 4.79 Å². The van der Waals surface area contributed by atoms with Crippen molar-refractivity contribution in [3.05, 3.63) is 0 Å². The standard InChI is InChI=1S/C13H26N2O3/c1-5-10(6-7-16)14-11-8-15(9-11)12(17)18-13(2,3)4/h10-11,14,16H,5-9H2,1-4H3. The largest absolute Gasteiger partial charge is 0.444 e. The quantitative estimate of drug-likeness (QED) is 0.781. The van der Waals surface area contributed by atoms with Gasteiger partial charge in [0, 0.05) is 31.8 Å². The zero-order valence-corrected chi connectivity index (χ0v) is 11.9. The molecular formula is C13H26N2O3. The van der Waals surface area contributed by atoms with Gasteiger partial charge in [-0.2, -0.15) is 0 Å². The Bertz CT molecular complexity index is 270. The van der Waals surface area contributed by atoms with Gasteiger partial charge in [0.05, 0.1) is 0 Å². The smallest absolute Gasteiger partial charge is 0.410 e. The van der Waals surface area contributed by atoms with Gasteiger partial charge >= 0.3 is 6.09 Å². The first-order chi connectivity index (χ1) is 8.35. The molecule has 5 nitrogen and oxygen atoms in total. The van der Waals surface area contributed by atoms with Gasteiger partial charge in [-0.1, -0.05) is 6.92 Å². The summed E-state index contributed by atoms with van der Waals surface area (Å²) in [6.07, 6.45) is 1.51. The molecule has 18 heavy (non-hydrogen) atoms. The van der Waals surface area contributed by atoms with Crippen LogP contribution in [0.3, 0.4) is 0 Å². The number of carbonyl (C=O) groups excluding carboxylic acids is 1. The highest BCUT2D eigenvalue weighted by Crippen LogP contribution is 2.16. The summed E-state index contributed by atoms with van der Waals surface area (Å²) in [4.78, 5) is 13.4. The van der Waals surface area contributed by atoms with Crippen molar-refractivity contribution >= 4 is 6.09 Å². The molecule has 0 radical (unpaired) electrons. The first kappa shape index (κ1) is 15.2. The molecule has 5 heteroatoms. The Morgan fingerprint density at radius 3 is 2.56 bits per heavy atom. The fraction of sp³-hybridized carbons (Fsp3) is 0.923. The molecular weight excluding hydrogens is 232 g/mol. The number of likely N-dealkylation sites (tertiary alicyclic amines) is 1. The van der Waals surface area contributed by atoms with E-state index in [1.54, 1.807) is 4.90 Å². The minimum absolute atomic E-state index is 0.202. The van der Waals surface area contributed by atoms with E-state index in [1.165, 1.54) is 0 Å². The molecule has 0 aromatic rings. The van der Waals surface area contributed by atoms with Crippen molar-refractivity contribution < 1.29 is 14.6 Å². The summed E-state index contributed by atoms with van der Waals surface area (Å²) in [6.45, 7) is 9.29. The normalized spacial score (nSPS) is 18.4. The second-order valence-corrected chi connectivity index (χ2v) is 5.87. The van der Waals surface area contributed by atoms with Crippen LogP contribution < -0.4 is 5.32 Å². The van der Waals surface area contributed by atoms with Crippen LogP contribution in [0.1, 0.15) is 40.5 Å². The maximum atomic E-state index is 11.7. The Morgan fingerprint density at radius 2 is 2.11 bits per heavy atom. The van der Waals surface area contributed by atoms with Crippen molar-refractivity contribution in [1.29, 1.82) is 0 Å². The zero-order chi connectivity index (χ0) is 13.8. The number of aliphatic hydroxyl groups excluding tert-OH is 1. The summed E-state index contributed by atoms with van der Waals surface area (Å²) in [6, 6.07) is 0.662. The number of hydrogen-bond acceptors (Lipinski definition) is 4. The van der Waals surface area contributed by atoms with Gasteiger partial charge in [-0.3, -0.25) is 0 Å². The van der Waals surface area contributed by atoms with E-state index in [1.807, 2.05) is 20.8 Å². The van der Waals surface area contributed by atoms with Gasteiger partial charge in [-0.15, -0.1) is 0 Å². The predicted octanol–water partition coefficient (Wildman–Crippen LogP) is 1.36. The van der Waals surface area contributed by atoms with Gasteiger partial charge < -0.3 is 20.1 Å². The Labute approximate surface area is 109 Å². The predicted molar refractivity (Wildman–Crippen MR) is 70.5 cm³/mol. The maximum absolute atomic E-state index is 11.7. The van der Waals surface area contributed by atoms with E-state index in [2.05, 4.69) is 12.2 Å². The van der Waals surface area contributed by atoms with Crippen molar-refractivity contribution in [2.24, 2.45) is 0 Å². The van der Waals surface area contributed by atoms with Crippen LogP contribution in [0.15, 0.2) is 0 Å². The number of nitrogens with one attached hydrogen (secondary N) is 1. The van der Waals surface area contributed by atoms with E-state index in [-0.39, 0.29) is 12.7 Å². The lowest BCUT2D eigenvalue weighted by molar-refractivity contribution is 0.00376. The molecule has 0 saturated carbocycles. The molecule has 2 N–H and O–H groups in total. The van der Waals surface area contributed by atoms with Gasteiger partial charge in [-0.25, -0.2) is 4.79 Å². The summed E-state index contributed by atoms with van der Waals surface area (Å²) in [5, 5.41) is 12.4. The fourth-order valence-electron chi connectivity index (χ4n) is 1.95. The van der Waals surface area contributed by atoms with Crippen molar-refractivity contribution in [2.45, 2.75) is 58.2 Å². The second-order valence-electron chi connectivity index (χ2n) is 5.87. The van der Waals surface area contributed by atoms with Crippen LogP contribution in [-0.2, 0) is 4.74 Å². The molecule has 1 unspecified atom stereocenters. The molecule has 1 fully saturated rings. The van der Waals surface area contributed by atoms with Crippen molar-refractivity contribution in [1.82, 2.24) is 10.2 Å². The number of rotatable bonds is 5. The van der Waals surface area contributed by atoms with Crippen LogP contribution in [-0.4, -0.2) is 53.5 Å². The molecule has 0 bridgehead atoms. The van der Waals surface area contributed by atoms with Crippen molar-refractivity contribution in [3.8, 4) is 0 Å². The highest BCUT2D eigenvalue weighted by atomic mass is 16.6. The molecule has 1 saturated heterocycles. The Kier molecular flexibility index (Phi) is 5.41. The Morgan fingerprint density at radius 1 is 1.50 bits per heavy atom. The lowest BCUT2D eigenvalue weighted by Gasteiger charge is -2.41. The third-order valence-electron chi connectivity index (χ3n) is 2.98. The average Bonchev–Trinajstić information content (AvgIpc) is 2.18. The molecule has 1 aliphatic heterocycles. The Balaban J connectivity index is 2.25. The summed E-state index contributed by atoms with van der Waals surface area (Å²) in [7, 11) is 0. The number of aliphatic hydroxyl groups is 1. The van der Waals surface area contributed by atoms with Crippen LogP contribution >= 0.6 is 0 Å². The van der Waals surface area contributed by atoms with Gasteiger partial charge in [0.25, 0.3) is 0 Å². The number of carbonyl (C=O) groups is 1. The molecule has 0 aromatic carbocycles. The third-order valence-corrected chi connectivity index (χ3v) is 2.98. The van der Waals surface area contributed by atoms with E-state index in [0.717, 1.165) is 12.8 Å². The highest BCUT2D eigenvalue weighted by molar-refractivity contribution is 5.69. The topological polar surface area (TPSA) is 61.8 Å². The molecule has 1 aliphatic rings. The summed E-state index contributed by atoms with van der Waals surface area (Å²) in [5.74, 6) is 0. The third kappa shape index (κ3) is 4.82. The SMILES string of the molecule is CCC(CCO)NC1CN(C(=O)OC(C)(C)C)C1. The summed E-state index contributed by atoms with van der Waals surface area (Å²) < 4.78 is 5.29. The van der Waals surface area contributed by atoms with Crippen LogP contribution in [0, 0.1) is 0 Å². The number of hydrogen-bond donors (Lipinski definition) is 2. The molecule has 106 valence electrons. The van der Waals surface area contributed by atoms with Crippen LogP contribution in [0.25, 0.3) is 0 Å². The molecule has 1 amide bonds. The molecule has 0 spiro atoms.